The average Bonchev–Trinajstić information content (AvgIpc) is 3.47. The number of amides is 3. The molecule has 2 aromatic heterocycles. The van der Waals surface area contributed by atoms with Crippen LogP contribution in [0.4, 0.5) is 28.0 Å². The lowest BCUT2D eigenvalue weighted by molar-refractivity contribution is -0.130. The Bertz CT molecular complexity index is 1840. The number of fused-ring (bicyclic) bond motifs is 1. The Morgan fingerprint density at radius 3 is 2.50 bits per heavy atom. The molecule has 3 amide bonds. The average molecular weight is 700 g/mol. The second-order valence-electron chi connectivity index (χ2n) is 10.2. The van der Waals surface area contributed by atoms with E-state index in [1.165, 1.54) is 41.7 Å². The van der Waals surface area contributed by atoms with Gasteiger partial charge in [-0.05, 0) is 36.6 Å². The predicted octanol–water partition coefficient (Wildman–Crippen LogP) is 5.11. The zero-order valence-corrected chi connectivity index (χ0v) is 26.0. The summed E-state index contributed by atoms with van der Waals surface area (Å²) in [6.07, 6.45) is -4.11. The van der Waals surface area contributed by atoms with Gasteiger partial charge in [-0.2, -0.15) is 13.2 Å². The van der Waals surface area contributed by atoms with Crippen LogP contribution in [0.5, 0.6) is 0 Å². The van der Waals surface area contributed by atoms with Crippen LogP contribution < -0.4 is 16.0 Å². The van der Waals surface area contributed by atoms with E-state index in [0.29, 0.717) is 27.6 Å². The quantitative estimate of drug-likeness (QED) is 0.172. The number of halogens is 4. The second kappa shape index (κ2) is 13.7. The first kappa shape index (κ1) is 33.2. The van der Waals surface area contributed by atoms with Crippen molar-refractivity contribution in [2.24, 2.45) is 0 Å². The maximum absolute atomic E-state index is 15.2. The highest BCUT2D eigenvalue weighted by atomic mass is 32.2. The van der Waals surface area contributed by atoms with Crippen LogP contribution >= 0.6 is 22.7 Å². The maximum Gasteiger partial charge on any atom is 0.412 e. The molecule has 3 N–H and O–H groups in total. The van der Waals surface area contributed by atoms with Gasteiger partial charge in [0.2, 0.25) is 11.8 Å². The molecule has 11 nitrogen and oxygen atoms in total. The Balaban J connectivity index is 1.35. The number of thiazole rings is 2. The van der Waals surface area contributed by atoms with Crippen LogP contribution in [0.1, 0.15) is 34.5 Å². The smallest absolute Gasteiger partial charge is 0.412 e. The number of sulfone groups is 1. The highest BCUT2D eigenvalue weighted by Gasteiger charge is 2.40. The van der Waals surface area contributed by atoms with E-state index in [-0.39, 0.29) is 33.4 Å². The number of hydrogen-bond donors (Lipinski definition) is 3. The number of carbonyl (C=O) groups excluding carboxylic acids is 3. The molecule has 18 heteroatoms. The molecule has 1 aliphatic rings. The van der Waals surface area contributed by atoms with Gasteiger partial charge in [0.1, 0.15) is 22.4 Å². The van der Waals surface area contributed by atoms with Gasteiger partial charge < -0.3 is 15.4 Å². The van der Waals surface area contributed by atoms with E-state index in [4.69, 9.17) is 4.74 Å². The Morgan fingerprint density at radius 1 is 1.11 bits per heavy atom. The van der Waals surface area contributed by atoms with Gasteiger partial charge in [-0.1, -0.05) is 12.1 Å². The Labute approximate surface area is 267 Å². The first-order valence-electron chi connectivity index (χ1n) is 13.7. The summed E-state index contributed by atoms with van der Waals surface area (Å²) in [6, 6.07) is 8.42. The van der Waals surface area contributed by atoms with Crippen molar-refractivity contribution >= 4 is 66.3 Å². The first-order valence-corrected chi connectivity index (χ1v) is 17.1. The first-order chi connectivity index (χ1) is 21.8. The zero-order chi connectivity index (χ0) is 33.1. The molecule has 46 heavy (non-hydrogen) atoms. The lowest BCUT2D eigenvalue weighted by Gasteiger charge is -2.16. The number of alkyl halides is 3. The summed E-state index contributed by atoms with van der Waals surface area (Å²) in [4.78, 5) is 45.3. The summed E-state index contributed by atoms with van der Waals surface area (Å²) in [6.45, 7) is -0.593. The third-order valence-corrected chi connectivity index (χ3v) is 10.5. The van der Waals surface area contributed by atoms with E-state index in [1.807, 2.05) is 0 Å². The molecular formula is C28H25F4N5O6S3. The summed E-state index contributed by atoms with van der Waals surface area (Å²) in [5.41, 5.74) is 0.805. The standard InChI is InChI=1S/C28H25F4N5O6S3/c29-19-12-20-21(11-18(19)15-1-3-17(4-2-15)36-27(40)43-14-23-33-8-9-44-23)45-26(37-20)24(46(41,42)10-7-28(30,31)32)25(39)34-13-22(38)35-16-5-6-16/h1-4,8-9,11-12,16,24H,5-7,10,13-14H2,(H,34,39)(H,35,38)(H,36,40). The molecule has 2 aromatic carbocycles. The van der Waals surface area contributed by atoms with E-state index in [1.54, 1.807) is 11.6 Å². The van der Waals surface area contributed by atoms with E-state index < -0.39 is 63.7 Å². The lowest BCUT2D eigenvalue weighted by Crippen LogP contribution is -2.41. The molecule has 0 aliphatic heterocycles. The SMILES string of the molecule is O=C(CNC(=O)C(c1nc2cc(F)c(-c3ccc(NC(=O)OCc4nccs4)cc3)cc2s1)S(=O)(=O)CCC(F)(F)F)NC1CC1. The molecule has 1 unspecified atom stereocenters. The molecule has 1 atom stereocenters. The fraction of sp³-hybridized carbons (Fsp3) is 0.321. The molecule has 0 spiro atoms. The molecule has 1 fully saturated rings. The summed E-state index contributed by atoms with van der Waals surface area (Å²) in [5.74, 6) is -3.93. The number of aromatic nitrogens is 2. The van der Waals surface area contributed by atoms with E-state index in [9.17, 15) is 36.0 Å². The van der Waals surface area contributed by atoms with Crippen molar-refractivity contribution in [3.63, 3.8) is 0 Å². The van der Waals surface area contributed by atoms with E-state index >= 15 is 4.39 Å². The van der Waals surface area contributed by atoms with Crippen molar-refractivity contribution in [2.45, 2.75) is 43.3 Å². The van der Waals surface area contributed by atoms with Crippen LogP contribution in [0.25, 0.3) is 21.3 Å². The van der Waals surface area contributed by atoms with Crippen molar-refractivity contribution < 1.29 is 45.1 Å². The molecular weight excluding hydrogens is 675 g/mol. The molecule has 5 rings (SSSR count). The number of carbonyl (C=O) groups is 3. The monoisotopic (exact) mass is 699 g/mol. The topological polar surface area (TPSA) is 156 Å². The lowest BCUT2D eigenvalue weighted by atomic mass is 10.0. The van der Waals surface area contributed by atoms with Crippen molar-refractivity contribution in [2.75, 3.05) is 17.6 Å². The number of benzene rings is 2. The molecule has 2 heterocycles. The minimum atomic E-state index is -4.81. The summed E-state index contributed by atoms with van der Waals surface area (Å²) in [7, 11) is -4.78. The van der Waals surface area contributed by atoms with Gasteiger partial charge in [0.25, 0.3) is 0 Å². The van der Waals surface area contributed by atoms with Gasteiger partial charge in [-0.25, -0.2) is 27.6 Å². The zero-order valence-electron chi connectivity index (χ0n) is 23.6. The Kier molecular flexibility index (Phi) is 9.88. The van der Waals surface area contributed by atoms with Crippen LogP contribution in [0.15, 0.2) is 48.0 Å². The highest BCUT2D eigenvalue weighted by molar-refractivity contribution is 7.92. The van der Waals surface area contributed by atoms with Gasteiger partial charge >= 0.3 is 12.3 Å². The van der Waals surface area contributed by atoms with Gasteiger partial charge in [0.15, 0.2) is 15.1 Å². The number of hydrogen-bond acceptors (Lipinski definition) is 10. The van der Waals surface area contributed by atoms with E-state index in [0.717, 1.165) is 18.9 Å². The van der Waals surface area contributed by atoms with Crippen LogP contribution in [0.3, 0.4) is 0 Å². The van der Waals surface area contributed by atoms with E-state index in [2.05, 4.69) is 25.9 Å². The van der Waals surface area contributed by atoms with Crippen molar-refractivity contribution in [1.82, 2.24) is 20.6 Å². The molecule has 1 aliphatic carbocycles. The van der Waals surface area contributed by atoms with Crippen molar-refractivity contribution in [3.8, 4) is 11.1 Å². The Hall–Kier alpha value is -4.16. The molecule has 0 saturated heterocycles. The number of nitrogens with zero attached hydrogens (tertiary/aromatic N) is 2. The number of rotatable bonds is 12. The molecule has 0 bridgehead atoms. The molecule has 244 valence electrons. The fourth-order valence-corrected chi connectivity index (χ4v) is 7.81. The molecule has 4 aromatic rings. The largest absolute Gasteiger partial charge is 0.442 e. The normalized spacial score (nSPS) is 14.1. The van der Waals surface area contributed by atoms with Gasteiger partial charge in [0.05, 0.1) is 28.9 Å². The Morgan fingerprint density at radius 2 is 1.85 bits per heavy atom. The van der Waals surface area contributed by atoms with Crippen LogP contribution in [0.2, 0.25) is 0 Å². The van der Waals surface area contributed by atoms with Gasteiger partial charge in [0, 0.05) is 34.9 Å². The molecule has 1 saturated carbocycles. The third-order valence-electron chi connectivity index (χ3n) is 6.60. The minimum Gasteiger partial charge on any atom is -0.442 e. The fourth-order valence-electron chi connectivity index (χ4n) is 4.21. The summed E-state index contributed by atoms with van der Waals surface area (Å²) in [5, 5.41) is 7.16. The van der Waals surface area contributed by atoms with Crippen molar-refractivity contribution in [3.05, 3.63) is 63.8 Å². The summed E-state index contributed by atoms with van der Waals surface area (Å²) >= 11 is 2.03. The summed E-state index contributed by atoms with van der Waals surface area (Å²) < 4.78 is 85.5. The number of anilines is 1. The second-order valence-corrected chi connectivity index (χ2v) is 14.5. The van der Waals surface area contributed by atoms with Crippen LogP contribution in [0, 0.1) is 5.82 Å². The maximum atomic E-state index is 15.2. The van der Waals surface area contributed by atoms with Crippen LogP contribution in [-0.2, 0) is 30.8 Å². The highest BCUT2D eigenvalue weighted by Crippen LogP contribution is 2.36. The van der Waals surface area contributed by atoms with Crippen molar-refractivity contribution in [1.29, 1.82) is 0 Å². The predicted molar refractivity (Wildman–Crippen MR) is 162 cm³/mol. The van der Waals surface area contributed by atoms with Gasteiger partial charge in [-0.3, -0.25) is 14.9 Å². The van der Waals surface area contributed by atoms with Gasteiger partial charge in [-0.15, -0.1) is 22.7 Å². The minimum absolute atomic E-state index is 0.00839. The van der Waals surface area contributed by atoms with Crippen LogP contribution in [-0.4, -0.2) is 60.8 Å². The third kappa shape index (κ3) is 8.76. The molecule has 0 radical (unpaired) electrons. The number of nitrogens with one attached hydrogen (secondary N) is 3. The number of ether oxygens (including phenoxy) is 1.